The molecule has 30 aromatic rings. The van der Waals surface area contributed by atoms with E-state index < -0.39 is 0 Å². The maximum absolute atomic E-state index is 6.77. The molecule has 0 saturated carbocycles. The molecule has 0 saturated heterocycles. The highest BCUT2D eigenvalue weighted by Gasteiger charge is 2.28. The first-order valence-corrected chi connectivity index (χ1v) is 52.7. The minimum atomic E-state index is 0.629. The van der Waals surface area contributed by atoms with Gasteiger partial charge in [0.25, 0.3) is 0 Å². The molecule has 0 spiro atoms. The number of furan rings is 3. The Morgan fingerprint density at radius 1 is 0.140 bits per heavy atom. The fourth-order valence-electron chi connectivity index (χ4n) is 21.4. The van der Waals surface area contributed by atoms with Gasteiger partial charge in [-0.15, -0.1) is 34.0 Å². The number of fused-ring (bicyclic) bond motifs is 18. The van der Waals surface area contributed by atoms with Gasteiger partial charge in [0.05, 0.1) is 39.7 Å². The molecule has 0 fully saturated rings. The van der Waals surface area contributed by atoms with Crippen LogP contribution in [0.2, 0.25) is 0 Å². The summed E-state index contributed by atoms with van der Waals surface area (Å²) in [6.45, 7) is 0. The zero-order chi connectivity index (χ0) is 99.1. The Kier molecular flexibility index (Phi) is 22.3. The molecular formula is C138H84N6O3S3. The molecule has 0 radical (unpaired) electrons. The SMILES string of the molecule is c1ccc(-c2ccc(-c3cc(-c4ccc(-c5cccc6c5sc5ccccc56)c5c4oc4ccccc45)nc(-c4ccccc4)n3)cc2)cc1.c1ccc(-c2ccc(-c3cc(-c4ccccc4)nc(-c4ccc(-c5cccc6c5sc5ccccc56)c5c4oc4ccccc45)n3)cc2)cc1.c1ccc(-c2ccc(-c3nc(-c4ccccc4)cc(-c4ccc(-c5cccc6c5sc5ccccc56)c5c4oc4ccccc45)n3)cc2)cc1. The third kappa shape index (κ3) is 16.1. The van der Waals surface area contributed by atoms with Gasteiger partial charge >= 0.3 is 0 Å². The van der Waals surface area contributed by atoms with Gasteiger partial charge < -0.3 is 13.3 Å². The van der Waals surface area contributed by atoms with Gasteiger partial charge in [-0.1, -0.05) is 437 Å². The fraction of sp³-hybridized carbons (Fsp3) is 0. The molecule has 0 atom stereocenters. The molecule has 12 heteroatoms. The molecule has 0 bridgehead atoms. The number of nitrogens with zero attached hydrogens (tertiary/aromatic N) is 6. The van der Waals surface area contributed by atoms with Crippen LogP contribution >= 0.6 is 34.0 Å². The second-order valence-corrected chi connectivity index (χ2v) is 40.7. The smallest absolute Gasteiger partial charge is 0.164 e. The lowest BCUT2D eigenvalue weighted by molar-refractivity contribution is 0.669. The maximum atomic E-state index is 6.77. The predicted molar refractivity (Wildman–Crippen MR) is 628 cm³/mol. The maximum Gasteiger partial charge on any atom is 0.164 e. The summed E-state index contributed by atoms with van der Waals surface area (Å²) >= 11 is 5.54. The third-order valence-corrected chi connectivity index (χ3v) is 32.3. The Labute approximate surface area is 874 Å². The largest absolute Gasteiger partial charge is 0.455 e. The topological polar surface area (TPSA) is 117 Å². The van der Waals surface area contributed by atoms with Crippen molar-refractivity contribution in [3.8, 4) is 168 Å². The summed E-state index contributed by atoms with van der Waals surface area (Å²) in [5.41, 5.74) is 32.9. The first kappa shape index (κ1) is 88.6. The van der Waals surface area contributed by atoms with Crippen LogP contribution in [0.5, 0.6) is 0 Å². The Morgan fingerprint density at radius 3 is 0.700 bits per heavy atom. The van der Waals surface area contributed by atoms with Gasteiger partial charge in [-0.2, -0.15) is 0 Å². The van der Waals surface area contributed by atoms with E-state index in [4.69, 9.17) is 43.2 Å². The van der Waals surface area contributed by atoms with E-state index in [1.165, 1.54) is 105 Å². The van der Waals surface area contributed by atoms with Crippen molar-refractivity contribution in [1.82, 2.24) is 29.9 Å². The molecule has 0 aliphatic carbocycles. The average Bonchev–Trinajstić information content (AvgIpc) is 1.58. The summed E-state index contributed by atoms with van der Waals surface area (Å²) in [4.78, 5) is 31.1. The standard InChI is InChI=1S/3C46H28N2OS/c1-3-12-29(13-4-1)30-22-24-31(25-23-30)39-28-40(48-46(47-39)32-14-5-2-6-15-32)37-27-26-34(43-38-17-7-9-20-41(38)49-44(37)43)36-19-11-18-35-33-16-8-10-21-42(33)50-45(35)36;1-3-12-29(13-4-1)30-22-24-32(25-23-30)46-47-39(31-14-5-2-6-15-31)28-40(48-46)37-27-26-34(43-38-17-7-9-20-41(38)49-44(37)43)36-19-11-18-35-33-16-8-10-21-42(33)50-45(35)36;1-3-12-29(13-4-1)30-22-24-32(25-23-30)40-28-39(31-14-5-2-6-15-31)47-46(48-40)38-27-26-34(43-37-17-7-9-20-41(37)49-44(38)43)36-19-11-18-35-33-16-8-10-21-42(33)50-45(35)36/h3*1-28H. The predicted octanol–water partition coefficient (Wildman–Crippen LogP) is 39.2. The van der Waals surface area contributed by atoms with Crippen LogP contribution in [0.25, 0.3) is 295 Å². The van der Waals surface area contributed by atoms with E-state index in [1.807, 2.05) is 131 Å². The Hall–Kier alpha value is -19.1. The summed E-state index contributed by atoms with van der Waals surface area (Å²) in [5, 5.41) is 14.2. The van der Waals surface area contributed by atoms with Crippen LogP contribution in [-0.4, -0.2) is 29.9 Å². The minimum Gasteiger partial charge on any atom is -0.455 e. The Balaban J connectivity index is 0.000000108. The molecule has 21 aromatic carbocycles. The monoisotopic (exact) mass is 1970 g/mol. The van der Waals surface area contributed by atoms with E-state index >= 15 is 0 Å². The lowest BCUT2D eigenvalue weighted by Gasteiger charge is -2.12. The van der Waals surface area contributed by atoms with Gasteiger partial charge in [0.15, 0.2) is 17.5 Å². The number of hydrogen-bond donors (Lipinski definition) is 0. The molecule has 702 valence electrons. The van der Waals surface area contributed by atoms with E-state index in [-0.39, 0.29) is 0 Å². The minimum absolute atomic E-state index is 0.629. The van der Waals surface area contributed by atoms with Crippen LogP contribution in [0.15, 0.2) is 523 Å². The van der Waals surface area contributed by atoms with Gasteiger partial charge in [-0.3, -0.25) is 0 Å². The zero-order valence-corrected chi connectivity index (χ0v) is 83.1. The molecule has 9 nitrogen and oxygen atoms in total. The third-order valence-electron chi connectivity index (χ3n) is 28.6. The van der Waals surface area contributed by atoms with E-state index in [1.54, 1.807) is 0 Å². The van der Waals surface area contributed by atoms with Crippen molar-refractivity contribution in [2.24, 2.45) is 0 Å². The quantitative estimate of drug-likeness (QED) is 0.0989. The van der Waals surface area contributed by atoms with Crippen molar-refractivity contribution in [2.75, 3.05) is 0 Å². The summed E-state index contributed by atoms with van der Waals surface area (Å²) in [6, 6.07) is 178. The molecular weight excluding hydrogens is 1890 g/mol. The number of benzene rings is 21. The number of thiophene rings is 3. The summed E-state index contributed by atoms with van der Waals surface area (Å²) < 4.78 is 28.0. The van der Waals surface area contributed by atoms with Gasteiger partial charge in [0, 0.05) is 154 Å². The Bertz CT molecular complexity index is 9500. The lowest BCUT2D eigenvalue weighted by Crippen LogP contribution is -1.96. The van der Waals surface area contributed by atoms with E-state index in [0.717, 1.165) is 172 Å². The highest BCUT2D eigenvalue weighted by atomic mass is 32.1. The molecule has 150 heavy (non-hydrogen) atoms. The van der Waals surface area contributed by atoms with E-state index in [9.17, 15) is 0 Å². The van der Waals surface area contributed by atoms with Gasteiger partial charge in [0.1, 0.15) is 33.5 Å². The second-order valence-electron chi connectivity index (χ2n) is 37.5. The molecule has 0 N–H and O–H groups in total. The van der Waals surface area contributed by atoms with E-state index in [2.05, 4.69) is 413 Å². The van der Waals surface area contributed by atoms with Gasteiger partial charge in [-0.25, -0.2) is 29.9 Å². The molecule has 0 unspecified atom stereocenters. The summed E-state index contributed by atoms with van der Waals surface area (Å²) in [7, 11) is 0. The molecule has 9 aromatic heterocycles. The normalized spacial score (nSPS) is 11.6. The van der Waals surface area contributed by atoms with Crippen LogP contribution in [-0.2, 0) is 0 Å². The molecule has 0 aliphatic rings. The van der Waals surface area contributed by atoms with Crippen LogP contribution in [0.4, 0.5) is 0 Å². The Morgan fingerprint density at radius 2 is 0.360 bits per heavy atom. The first-order chi connectivity index (χ1) is 74.3. The number of hydrogen-bond acceptors (Lipinski definition) is 12. The highest BCUT2D eigenvalue weighted by molar-refractivity contribution is 7.27. The lowest BCUT2D eigenvalue weighted by atomic mass is 9.94. The molecule has 9 heterocycles. The van der Waals surface area contributed by atoms with Gasteiger partial charge in [-0.05, 0) is 123 Å². The number of para-hydroxylation sites is 3. The van der Waals surface area contributed by atoms with Crippen molar-refractivity contribution in [2.45, 2.75) is 0 Å². The van der Waals surface area contributed by atoms with Crippen molar-refractivity contribution in [3.05, 3.63) is 510 Å². The summed E-state index contributed by atoms with van der Waals surface area (Å²) in [5.74, 6) is 1.97. The van der Waals surface area contributed by atoms with Gasteiger partial charge in [0.2, 0.25) is 0 Å². The van der Waals surface area contributed by atoms with Crippen LogP contribution < -0.4 is 0 Å². The highest BCUT2D eigenvalue weighted by Crippen LogP contribution is 2.53. The van der Waals surface area contributed by atoms with E-state index in [0.29, 0.717) is 17.5 Å². The molecule has 30 rings (SSSR count). The van der Waals surface area contributed by atoms with Crippen molar-refractivity contribution in [3.63, 3.8) is 0 Å². The molecule has 0 amide bonds. The van der Waals surface area contributed by atoms with Crippen molar-refractivity contribution < 1.29 is 13.3 Å². The number of rotatable bonds is 15. The van der Waals surface area contributed by atoms with Crippen LogP contribution in [0.3, 0.4) is 0 Å². The number of aromatic nitrogens is 6. The van der Waals surface area contributed by atoms with Crippen molar-refractivity contribution in [1.29, 1.82) is 0 Å². The zero-order valence-electron chi connectivity index (χ0n) is 80.6. The van der Waals surface area contributed by atoms with Crippen LogP contribution in [0.1, 0.15) is 0 Å². The first-order valence-electron chi connectivity index (χ1n) is 50.2. The molecule has 0 aliphatic heterocycles. The fourth-order valence-corrected chi connectivity index (χ4v) is 25.1. The van der Waals surface area contributed by atoms with Crippen LogP contribution in [0, 0.1) is 0 Å². The van der Waals surface area contributed by atoms with Crippen molar-refractivity contribution >= 4 is 160 Å². The summed E-state index contributed by atoms with van der Waals surface area (Å²) in [6.07, 6.45) is 0. The second kappa shape index (κ2) is 37.8. The average molecular weight is 1970 g/mol.